The summed E-state index contributed by atoms with van der Waals surface area (Å²) in [5.74, 6) is 0.663. The summed E-state index contributed by atoms with van der Waals surface area (Å²) >= 11 is 5.43. The predicted molar refractivity (Wildman–Crippen MR) is 63.3 cm³/mol. The van der Waals surface area contributed by atoms with E-state index in [4.69, 9.17) is 12.2 Å². The fourth-order valence-corrected chi connectivity index (χ4v) is 2.44. The Bertz CT molecular complexity index is 495. The van der Waals surface area contributed by atoms with Gasteiger partial charge in [0.15, 0.2) is 5.78 Å². The molecule has 74 valence electrons. The van der Waals surface area contributed by atoms with Crippen molar-refractivity contribution < 1.29 is 4.79 Å². The lowest BCUT2D eigenvalue weighted by Crippen LogP contribution is -2.16. The lowest BCUT2D eigenvalue weighted by molar-refractivity contribution is 0.104. The normalized spacial score (nSPS) is 19.9. The standard InChI is InChI=1S/C13H10OS/c14-12-7-11(8-5-6-8)13(15)10-4-2-1-3-9(10)12/h1-4,7-8H,5-6H2. The topological polar surface area (TPSA) is 17.1 Å². The van der Waals surface area contributed by atoms with Crippen LogP contribution in [0.2, 0.25) is 0 Å². The molecule has 0 aliphatic heterocycles. The zero-order chi connectivity index (χ0) is 10.4. The molecule has 0 amide bonds. The minimum Gasteiger partial charge on any atom is -0.289 e. The van der Waals surface area contributed by atoms with Crippen LogP contribution in [0.25, 0.3) is 0 Å². The van der Waals surface area contributed by atoms with Crippen LogP contribution in [0, 0.1) is 5.92 Å². The number of hydrogen-bond donors (Lipinski definition) is 0. The summed E-state index contributed by atoms with van der Waals surface area (Å²) in [5.41, 5.74) is 2.79. The molecule has 2 aliphatic carbocycles. The first-order valence-electron chi connectivity index (χ1n) is 5.17. The first kappa shape index (κ1) is 8.98. The first-order valence-corrected chi connectivity index (χ1v) is 5.58. The fourth-order valence-electron chi connectivity index (χ4n) is 2.03. The van der Waals surface area contributed by atoms with E-state index in [2.05, 4.69) is 0 Å². The number of allylic oxidation sites excluding steroid dienone is 2. The molecule has 1 aromatic rings. The van der Waals surface area contributed by atoms with Crippen molar-refractivity contribution in [1.29, 1.82) is 0 Å². The zero-order valence-corrected chi connectivity index (χ0v) is 9.01. The van der Waals surface area contributed by atoms with E-state index in [9.17, 15) is 4.79 Å². The highest BCUT2D eigenvalue weighted by Gasteiger charge is 2.33. The second kappa shape index (κ2) is 3.11. The van der Waals surface area contributed by atoms with Crippen molar-refractivity contribution >= 4 is 22.9 Å². The van der Waals surface area contributed by atoms with Gasteiger partial charge in [0, 0.05) is 16.0 Å². The minimum absolute atomic E-state index is 0.112. The molecule has 0 spiro atoms. The largest absolute Gasteiger partial charge is 0.289 e. The van der Waals surface area contributed by atoms with Crippen LogP contribution in [-0.4, -0.2) is 10.6 Å². The third-order valence-electron chi connectivity index (χ3n) is 3.00. The van der Waals surface area contributed by atoms with Crippen LogP contribution < -0.4 is 0 Å². The molecular weight excluding hydrogens is 204 g/mol. The van der Waals surface area contributed by atoms with Crippen LogP contribution in [0.4, 0.5) is 0 Å². The van der Waals surface area contributed by atoms with E-state index >= 15 is 0 Å². The number of fused-ring (bicyclic) bond motifs is 1. The van der Waals surface area contributed by atoms with Crippen molar-refractivity contribution in [3.63, 3.8) is 0 Å². The van der Waals surface area contributed by atoms with Gasteiger partial charge in [-0.1, -0.05) is 36.5 Å². The van der Waals surface area contributed by atoms with Gasteiger partial charge in [0.1, 0.15) is 0 Å². The van der Waals surface area contributed by atoms with E-state index in [0.717, 1.165) is 21.6 Å². The van der Waals surface area contributed by atoms with E-state index in [1.54, 1.807) is 6.08 Å². The monoisotopic (exact) mass is 214 g/mol. The van der Waals surface area contributed by atoms with Gasteiger partial charge in [-0.05, 0) is 30.4 Å². The van der Waals surface area contributed by atoms with Crippen LogP contribution in [0.5, 0.6) is 0 Å². The Morgan fingerprint density at radius 3 is 2.47 bits per heavy atom. The summed E-state index contributed by atoms with van der Waals surface area (Å²) in [4.78, 5) is 12.7. The third kappa shape index (κ3) is 1.37. The van der Waals surface area contributed by atoms with E-state index in [0.29, 0.717) is 5.92 Å². The maximum Gasteiger partial charge on any atom is 0.186 e. The van der Waals surface area contributed by atoms with Gasteiger partial charge < -0.3 is 0 Å². The molecule has 0 saturated heterocycles. The summed E-state index contributed by atoms with van der Waals surface area (Å²) in [6, 6.07) is 7.62. The second-order valence-electron chi connectivity index (χ2n) is 4.11. The zero-order valence-electron chi connectivity index (χ0n) is 8.19. The summed E-state index contributed by atoms with van der Waals surface area (Å²) in [7, 11) is 0. The Balaban J connectivity index is 2.15. The molecule has 0 atom stereocenters. The van der Waals surface area contributed by atoms with Crippen molar-refractivity contribution in [2.75, 3.05) is 0 Å². The van der Waals surface area contributed by atoms with Crippen LogP contribution in [-0.2, 0) is 0 Å². The van der Waals surface area contributed by atoms with E-state index in [1.807, 2.05) is 24.3 Å². The van der Waals surface area contributed by atoms with E-state index < -0.39 is 0 Å². The van der Waals surface area contributed by atoms with Gasteiger partial charge in [-0.3, -0.25) is 4.79 Å². The van der Waals surface area contributed by atoms with Crippen LogP contribution in [0.3, 0.4) is 0 Å². The predicted octanol–water partition coefficient (Wildman–Crippen LogP) is 2.94. The number of benzene rings is 1. The first-order chi connectivity index (χ1) is 7.27. The smallest absolute Gasteiger partial charge is 0.186 e. The highest BCUT2D eigenvalue weighted by molar-refractivity contribution is 7.81. The molecule has 0 N–H and O–H groups in total. The molecule has 1 fully saturated rings. The Labute approximate surface area is 93.8 Å². The van der Waals surface area contributed by atoms with Gasteiger partial charge in [0.05, 0.1) is 0 Å². The molecule has 2 heteroatoms. The number of thiocarbonyl (C=S) groups is 1. The Morgan fingerprint density at radius 2 is 1.80 bits per heavy atom. The molecule has 0 unspecified atom stereocenters. The molecule has 0 aromatic heterocycles. The Kier molecular flexibility index (Phi) is 1.86. The summed E-state index contributed by atoms with van der Waals surface area (Å²) in [6.45, 7) is 0. The molecule has 0 heterocycles. The quantitative estimate of drug-likeness (QED) is 0.669. The number of hydrogen-bond acceptors (Lipinski definition) is 2. The van der Waals surface area contributed by atoms with E-state index in [-0.39, 0.29) is 5.78 Å². The van der Waals surface area contributed by atoms with Crippen molar-refractivity contribution in [2.45, 2.75) is 12.8 Å². The van der Waals surface area contributed by atoms with Crippen molar-refractivity contribution in [3.8, 4) is 0 Å². The molecule has 1 saturated carbocycles. The molecule has 3 rings (SSSR count). The average Bonchev–Trinajstić information content (AvgIpc) is 3.07. The summed E-state index contributed by atoms with van der Waals surface area (Å²) in [5, 5.41) is 0. The second-order valence-corrected chi connectivity index (χ2v) is 4.52. The van der Waals surface area contributed by atoms with Crippen LogP contribution in [0.15, 0.2) is 35.9 Å². The maximum absolute atomic E-state index is 11.8. The van der Waals surface area contributed by atoms with E-state index in [1.165, 1.54) is 12.8 Å². The Morgan fingerprint density at radius 1 is 1.13 bits per heavy atom. The van der Waals surface area contributed by atoms with Gasteiger partial charge in [-0.15, -0.1) is 0 Å². The molecule has 15 heavy (non-hydrogen) atoms. The molecule has 0 bridgehead atoms. The maximum atomic E-state index is 11.8. The van der Waals surface area contributed by atoms with Crippen molar-refractivity contribution in [2.24, 2.45) is 5.92 Å². The number of carbonyl (C=O) groups is 1. The molecule has 0 radical (unpaired) electrons. The highest BCUT2D eigenvalue weighted by Crippen LogP contribution is 2.40. The van der Waals surface area contributed by atoms with Gasteiger partial charge >= 0.3 is 0 Å². The van der Waals surface area contributed by atoms with Gasteiger partial charge in [0.25, 0.3) is 0 Å². The van der Waals surface area contributed by atoms with Crippen molar-refractivity contribution in [3.05, 3.63) is 47.0 Å². The number of ketones is 1. The molecular formula is C13H10OS. The van der Waals surface area contributed by atoms with Gasteiger partial charge in [-0.2, -0.15) is 0 Å². The SMILES string of the molecule is O=C1C=C(C2CC2)C(=S)c2ccccc21. The van der Waals surface area contributed by atoms with Crippen LogP contribution in [0.1, 0.15) is 28.8 Å². The minimum atomic E-state index is 0.112. The molecule has 1 aromatic carbocycles. The third-order valence-corrected chi connectivity index (χ3v) is 3.46. The lowest BCUT2D eigenvalue weighted by atomic mass is 9.88. The molecule has 2 aliphatic rings. The number of rotatable bonds is 1. The molecule has 1 nitrogen and oxygen atoms in total. The lowest BCUT2D eigenvalue weighted by Gasteiger charge is -2.16. The van der Waals surface area contributed by atoms with Crippen molar-refractivity contribution in [1.82, 2.24) is 0 Å². The summed E-state index contributed by atoms with van der Waals surface area (Å²) < 4.78 is 0. The Hall–Kier alpha value is -1.28. The summed E-state index contributed by atoms with van der Waals surface area (Å²) in [6.07, 6.45) is 4.10. The van der Waals surface area contributed by atoms with Gasteiger partial charge in [0.2, 0.25) is 0 Å². The van der Waals surface area contributed by atoms with Crippen LogP contribution >= 0.6 is 12.2 Å². The highest BCUT2D eigenvalue weighted by atomic mass is 32.1. The number of carbonyl (C=O) groups excluding carboxylic acids is 1. The average molecular weight is 214 g/mol. The fraction of sp³-hybridized carbons (Fsp3) is 0.231. The van der Waals surface area contributed by atoms with Gasteiger partial charge in [-0.25, -0.2) is 0 Å².